The third kappa shape index (κ3) is 9.51. The van der Waals surface area contributed by atoms with Crippen LogP contribution < -0.4 is 15.2 Å². The molecule has 0 spiro atoms. The number of hydrogen-bond donors (Lipinski definition) is 3. The lowest BCUT2D eigenvalue weighted by molar-refractivity contribution is 0.0599. The molecule has 2 aromatic rings. The maximum absolute atomic E-state index is 13.0. The van der Waals surface area contributed by atoms with Crippen molar-refractivity contribution in [1.29, 1.82) is 0 Å². The summed E-state index contributed by atoms with van der Waals surface area (Å²) in [6.07, 6.45) is 9.06. The van der Waals surface area contributed by atoms with Gasteiger partial charge in [0.2, 0.25) is 10.0 Å². The van der Waals surface area contributed by atoms with Crippen LogP contribution in [0.15, 0.2) is 41.3 Å². The minimum atomic E-state index is -4.14. The maximum atomic E-state index is 13.0. The molecule has 0 aliphatic heterocycles. The third-order valence-corrected chi connectivity index (χ3v) is 6.57. The second kappa shape index (κ2) is 14.3. The minimum absolute atomic E-state index is 0.0284. The molecule has 2 rings (SSSR count). The van der Waals surface area contributed by atoms with E-state index < -0.39 is 38.3 Å². The van der Waals surface area contributed by atoms with Gasteiger partial charge in [-0.1, -0.05) is 51.9 Å². The molecule has 0 saturated carbocycles. The van der Waals surface area contributed by atoms with E-state index in [9.17, 15) is 27.9 Å². The fourth-order valence-electron chi connectivity index (χ4n) is 3.66. The number of methoxy groups -OCH3 is 1. The molecule has 0 aliphatic carbocycles. The fraction of sp³-hybridized carbons (Fsp3) is 0.423. The Bertz CT molecular complexity index is 1210. The first-order valence-corrected chi connectivity index (χ1v) is 13.7. The van der Waals surface area contributed by atoms with Gasteiger partial charge in [0, 0.05) is 5.56 Å². The number of carboxylic acid groups (broad SMARTS) is 1. The number of benzene rings is 2. The highest BCUT2D eigenvalue weighted by molar-refractivity contribution is 7.89. The van der Waals surface area contributed by atoms with E-state index in [1.807, 2.05) is 0 Å². The number of ether oxygens (including phenoxy) is 2. The number of primary sulfonamides is 1. The zero-order chi connectivity index (χ0) is 27.4. The average Bonchev–Trinajstić information content (AvgIpc) is 2.86. The number of aromatic carboxylic acids is 1. The van der Waals surface area contributed by atoms with Crippen molar-refractivity contribution in [3.05, 3.63) is 53.1 Å². The lowest BCUT2D eigenvalue weighted by atomic mass is 10.1. The number of anilines is 1. The number of unbranched alkanes of at least 4 members (excludes halogenated alkanes) is 7. The molecule has 37 heavy (non-hydrogen) atoms. The van der Waals surface area contributed by atoms with Gasteiger partial charge < -0.3 is 19.9 Å². The zero-order valence-electron chi connectivity index (χ0n) is 21.1. The monoisotopic (exact) mass is 534 g/mol. The first-order chi connectivity index (χ1) is 17.6. The summed E-state index contributed by atoms with van der Waals surface area (Å²) in [5, 5.41) is 17.0. The zero-order valence-corrected chi connectivity index (χ0v) is 21.9. The van der Waals surface area contributed by atoms with Crippen LogP contribution in [-0.2, 0) is 14.8 Å². The van der Waals surface area contributed by atoms with Crippen LogP contribution in [0.5, 0.6) is 5.75 Å². The van der Waals surface area contributed by atoms with Gasteiger partial charge in [-0.2, -0.15) is 0 Å². The Morgan fingerprint density at radius 1 is 0.919 bits per heavy atom. The molecule has 0 aliphatic rings. The molecule has 202 valence electrons. The van der Waals surface area contributed by atoms with Crippen molar-refractivity contribution >= 4 is 33.6 Å². The van der Waals surface area contributed by atoms with Crippen molar-refractivity contribution in [2.24, 2.45) is 5.14 Å². The number of carboxylic acids is 1. The van der Waals surface area contributed by atoms with Crippen molar-refractivity contribution in [1.82, 2.24) is 0 Å². The summed E-state index contributed by atoms with van der Waals surface area (Å²) in [7, 11) is -2.93. The molecule has 0 heterocycles. The van der Waals surface area contributed by atoms with Gasteiger partial charge in [0.05, 0.1) is 35.4 Å². The number of esters is 1. The van der Waals surface area contributed by atoms with Crippen LogP contribution >= 0.6 is 0 Å². The largest absolute Gasteiger partial charge is 0.494 e. The molecular weight excluding hydrogens is 500 g/mol. The summed E-state index contributed by atoms with van der Waals surface area (Å²) >= 11 is 0. The molecule has 11 heteroatoms. The maximum Gasteiger partial charge on any atom is 0.338 e. The van der Waals surface area contributed by atoms with Crippen LogP contribution in [0.3, 0.4) is 0 Å². The second-order valence-corrected chi connectivity index (χ2v) is 10.1. The smallest absolute Gasteiger partial charge is 0.338 e. The van der Waals surface area contributed by atoms with Crippen LogP contribution in [0.4, 0.5) is 5.69 Å². The second-order valence-electron chi connectivity index (χ2n) is 8.57. The number of carbonyl (C=O) groups is 3. The Hall–Kier alpha value is -3.44. The summed E-state index contributed by atoms with van der Waals surface area (Å²) in [5.74, 6) is -2.57. The molecule has 0 bridgehead atoms. The Kier molecular flexibility index (Phi) is 11.5. The van der Waals surface area contributed by atoms with Gasteiger partial charge >= 0.3 is 11.9 Å². The average molecular weight is 535 g/mol. The highest BCUT2D eigenvalue weighted by atomic mass is 32.2. The topological polar surface area (TPSA) is 162 Å². The standard InChI is InChI=1S/C26H34N2O8S/c1-3-4-5-6-7-8-9-10-13-36-20-15-18(14-19(16-20)26(32)35-2)24(29)28-23-12-11-21(37(27,33)34)17-22(23)25(30)31/h11-12,14-17H,3-10,13H2,1-2H3,(H,28,29)(H,30,31)(H2,27,33,34). The lowest BCUT2D eigenvalue weighted by Gasteiger charge is -2.13. The van der Waals surface area contributed by atoms with Gasteiger partial charge in [0.25, 0.3) is 5.91 Å². The summed E-state index contributed by atoms with van der Waals surface area (Å²) in [5.41, 5.74) is -0.491. The number of hydrogen-bond acceptors (Lipinski definition) is 7. The number of nitrogens with one attached hydrogen (secondary N) is 1. The Labute approximate surface area is 217 Å². The first-order valence-electron chi connectivity index (χ1n) is 12.1. The van der Waals surface area contributed by atoms with Gasteiger partial charge in [0.15, 0.2) is 0 Å². The number of amides is 1. The SMILES string of the molecule is CCCCCCCCCCOc1cc(C(=O)Nc2ccc(S(N)(=O)=O)cc2C(=O)O)cc(C(=O)OC)c1. The fourth-order valence-corrected chi connectivity index (χ4v) is 4.20. The predicted octanol–water partition coefficient (Wildman–Crippen LogP) is 4.59. The molecule has 1 amide bonds. The van der Waals surface area contributed by atoms with E-state index in [1.54, 1.807) is 0 Å². The molecule has 0 aromatic heterocycles. The highest BCUT2D eigenvalue weighted by Gasteiger charge is 2.20. The molecule has 0 saturated heterocycles. The molecule has 10 nitrogen and oxygen atoms in total. The van der Waals surface area contributed by atoms with Crippen LogP contribution in [0.2, 0.25) is 0 Å². The van der Waals surface area contributed by atoms with Gasteiger partial charge in [0.1, 0.15) is 5.75 Å². The van der Waals surface area contributed by atoms with E-state index >= 15 is 0 Å². The summed E-state index contributed by atoms with van der Waals surface area (Å²) in [4.78, 5) is 36.3. The van der Waals surface area contributed by atoms with Crippen molar-refractivity contribution in [2.75, 3.05) is 19.0 Å². The quantitative estimate of drug-likeness (QED) is 0.221. The van der Waals surface area contributed by atoms with Gasteiger partial charge in [-0.15, -0.1) is 0 Å². The molecule has 2 aromatic carbocycles. The van der Waals surface area contributed by atoms with E-state index in [-0.39, 0.29) is 16.8 Å². The van der Waals surface area contributed by atoms with Gasteiger partial charge in [-0.25, -0.2) is 23.1 Å². The Morgan fingerprint density at radius 2 is 1.54 bits per heavy atom. The highest BCUT2D eigenvalue weighted by Crippen LogP contribution is 2.23. The normalized spacial score (nSPS) is 11.1. The number of sulfonamides is 1. The van der Waals surface area contributed by atoms with Crippen LogP contribution in [0.25, 0.3) is 0 Å². The van der Waals surface area contributed by atoms with Crippen molar-refractivity contribution in [3.63, 3.8) is 0 Å². The molecule has 0 atom stereocenters. The van der Waals surface area contributed by atoms with Gasteiger partial charge in [-0.05, 0) is 42.8 Å². The Morgan fingerprint density at radius 3 is 2.14 bits per heavy atom. The van der Waals surface area contributed by atoms with E-state index in [0.717, 1.165) is 37.5 Å². The van der Waals surface area contributed by atoms with Crippen LogP contribution in [-0.4, -0.2) is 45.1 Å². The predicted molar refractivity (Wildman–Crippen MR) is 139 cm³/mol. The van der Waals surface area contributed by atoms with Crippen molar-refractivity contribution < 1.29 is 37.4 Å². The first kappa shape index (κ1) is 29.8. The van der Waals surface area contributed by atoms with E-state index in [1.165, 1.54) is 57.4 Å². The van der Waals surface area contributed by atoms with Crippen LogP contribution in [0.1, 0.15) is 89.4 Å². The van der Waals surface area contributed by atoms with E-state index in [4.69, 9.17) is 14.6 Å². The molecule has 0 unspecified atom stereocenters. The lowest BCUT2D eigenvalue weighted by Crippen LogP contribution is -2.18. The van der Waals surface area contributed by atoms with Crippen LogP contribution in [0, 0.1) is 0 Å². The number of nitrogens with two attached hydrogens (primary N) is 1. The molecule has 0 radical (unpaired) electrons. The minimum Gasteiger partial charge on any atom is -0.494 e. The van der Waals surface area contributed by atoms with Gasteiger partial charge in [-0.3, -0.25) is 4.79 Å². The molecule has 4 N–H and O–H groups in total. The van der Waals surface area contributed by atoms with Crippen molar-refractivity contribution in [3.8, 4) is 5.75 Å². The molecular formula is C26H34N2O8S. The summed E-state index contributed by atoms with van der Waals surface area (Å²) in [6.45, 7) is 2.59. The number of carbonyl (C=O) groups excluding carboxylic acids is 2. The third-order valence-electron chi connectivity index (χ3n) is 5.65. The molecule has 0 fully saturated rings. The van der Waals surface area contributed by atoms with E-state index in [2.05, 4.69) is 12.2 Å². The summed E-state index contributed by atoms with van der Waals surface area (Å²) in [6, 6.07) is 7.27. The Balaban J connectivity index is 2.14. The van der Waals surface area contributed by atoms with Crippen molar-refractivity contribution in [2.45, 2.75) is 63.2 Å². The summed E-state index contributed by atoms with van der Waals surface area (Å²) < 4.78 is 33.7. The van der Waals surface area contributed by atoms with E-state index in [0.29, 0.717) is 12.4 Å². The number of rotatable bonds is 15.